The third kappa shape index (κ3) is 7.05. The molecule has 0 amide bonds. The van der Waals surface area contributed by atoms with Crippen molar-refractivity contribution in [1.29, 1.82) is 0 Å². The van der Waals surface area contributed by atoms with Crippen LogP contribution in [0.5, 0.6) is 0 Å². The molecule has 0 aliphatic rings. The summed E-state index contributed by atoms with van der Waals surface area (Å²) in [5, 5.41) is 8.50. The fourth-order valence-electron chi connectivity index (χ4n) is 0.799. The lowest BCUT2D eigenvalue weighted by molar-refractivity contribution is -0.162. The Morgan fingerprint density at radius 1 is 1.25 bits per heavy atom. The number of aliphatic hydroxyl groups excluding tert-OH is 1. The van der Waals surface area contributed by atoms with Crippen molar-refractivity contribution in [2.24, 2.45) is 0 Å². The number of carbonyl (C=O) groups is 2. The monoisotopic (exact) mass is 246 g/mol. The smallest absolute Gasteiger partial charge is 0.339 e. The van der Waals surface area contributed by atoms with Gasteiger partial charge in [-0.05, 0) is 6.92 Å². The first-order valence-electron chi connectivity index (χ1n) is 4.90. The van der Waals surface area contributed by atoms with Crippen molar-refractivity contribution in [3.8, 4) is 0 Å². The van der Waals surface area contributed by atoms with Crippen LogP contribution < -0.4 is 0 Å². The molecule has 0 heterocycles. The normalized spacial score (nSPS) is 12.1. The molecule has 0 bridgehead atoms. The highest BCUT2D eigenvalue weighted by Gasteiger charge is 2.19. The lowest BCUT2D eigenvalue weighted by Crippen LogP contribution is -2.26. The molecule has 0 aromatic rings. The van der Waals surface area contributed by atoms with Crippen molar-refractivity contribution in [1.82, 2.24) is 0 Å². The van der Waals surface area contributed by atoms with Gasteiger partial charge in [-0.15, -0.1) is 0 Å². The van der Waals surface area contributed by atoms with Crippen molar-refractivity contribution in [3.63, 3.8) is 0 Å². The van der Waals surface area contributed by atoms with Gasteiger partial charge >= 0.3 is 11.9 Å². The first-order valence-corrected chi connectivity index (χ1v) is 8.60. The maximum atomic E-state index is 11.2. The molecule has 92 valence electrons. The third-order valence-corrected chi connectivity index (χ3v) is 2.95. The summed E-state index contributed by atoms with van der Waals surface area (Å²) in [6, 6.07) is 0.388. The van der Waals surface area contributed by atoms with Gasteiger partial charge in [0.2, 0.25) is 6.79 Å². The first-order chi connectivity index (χ1) is 7.26. The molecule has 6 heteroatoms. The number of hydrogen-bond donors (Lipinski definition) is 1. The molecule has 0 radical (unpaired) electrons. The molecule has 0 saturated heterocycles. The Balaban J connectivity index is 3.84. The van der Waals surface area contributed by atoms with Gasteiger partial charge in [0.05, 0.1) is 19.9 Å². The second-order valence-corrected chi connectivity index (χ2v) is 10.1. The molecule has 0 aromatic carbocycles. The van der Waals surface area contributed by atoms with Gasteiger partial charge in [-0.2, -0.15) is 0 Å². The van der Waals surface area contributed by atoms with Gasteiger partial charge < -0.3 is 14.6 Å². The Morgan fingerprint density at radius 2 is 1.81 bits per heavy atom. The molecule has 0 spiro atoms. The second-order valence-electron chi connectivity index (χ2n) is 4.62. The zero-order chi connectivity index (χ0) is 12.8. The number of rotatable bonds is 5. The summed E-state index contributed by atoms with van der Waals surface area (Å²) in [5.41, 5.74) is 0.0567. The average molecular weight is 246 g/mol. The Kier molecular flexibility index (Phi) is 5.80. The Bertz CT molecular complexity index is 290. The summed E-state index contributed by atoms with van der Waals surface area (Å²) in [7, 11) is -1.49. The van der Waals surface area contributed by atoms with E-state index < -0.39 is 20.8 Å². The van der Waals surface area contributed by atoms with E-state index in [0.717, 1.165) is 0 Å². The fraction of sp³-hybridized carbons (Fsp3) is 0.600. The van der Waals surface area contributed by atoms with E-state index in [2.05, 4.69) is 4.74 Å². The first kappa shape index (κ1) is 14.7. The summed E-state index contributed by atoms with van der Waals surface area (Å²) in [5.74, 6) is -1.07. The molecule has 0 saturated carbocycles. The van der Waals surface area contributed by atoms with Crippen LogP contribution in [-0.2, 0) is 19.1 Å². The highest BCUT2D eigenvalue weighted by atomic mass is 28.3. The molecular weight excluding hydrogens is 228 g/mol. The van der Waals surface area contributed by atoms with Crippen LogP contribution in [0.4, 0.5) is 0 Å². The maximum absolute atomic E-state index is 11.2. The molecule has 0 rings (SSSR count). The van der Waals surface area contributed by atoms with Gasteiger partial charge in [-0.1, -0.05) is 19.6 Å². The molecule has 1 N–H and O–H groups in total. The number of esters is 2. The van der Waals surface area contributed by atoms with E-state index in [1.807, 2.05) is 19.6 Å². The summed E-state index contributed by atoms with van der Waals surface area (Å²) >= 11 is 0. The van der Waals surface area contributed by atoms with E-state index in [-0.39, 0.29) is 11.5 Å². The Hall–Kier alpha value is -1.30. The van der Waals surface area contributed by atoms with Gasteiger partial charge in [-0.25, -0.2) is 4.79 Å². The van der Waals surface area contributed by atoms with E-state index in [4.69, 9.17) is 9.84 Å². The van der Waals surface area contributed by atoms with Gasteiger partial charge in [0.25, 0.3) is 0 Å². The van der Waals surface area contributed by atoms with Crippen LogP contribution in [0.3, 0.4) is 0 Å². The molecule has 0 fully saturated rings. The van der Waals surface area contributed by atoms with Crippen LogP contribution in [0.1, 0.15) is 6.92 Å². The SMILES string of the molecule is C/C(=C\O)C(=O)OCOC(=O)C[Si](C)(C)C. The largest absolute Gasteiger partial charge is 0.515 e. The number of hydrogen-bond acceptors (Lipinski definition) is 5. The van der Waals surface area contributed by atoms with Gasteiger partial charge in [0.1, 0.15) is 0 Å². The number of ether oxygens (including phenoxy) is 2. The summed E-state index contributed by atoms with van der Waals surface area (Å²) in [6.07, 6.45) is 0.645. The quantitative estimate of drug-likeness (QED) is 0.263. The van der Waals surface area contributed by atoms with Crippen LogP contribution >= 0.6 is 0 Å². The van der Waals surface area contributed by atoms with Crippen molar-refractivity contribution in [2.45, 2.75) is 32.6 Å². The second kappa shape index (κ2) is 6.32. The van der Waals surface area contributed by atoms with Gasteiger partial charge in [0.15, 0.2) is 0 Å². The Labute approximate surface area is 96.1 Å². The summed E-state index contributed by atoms with van der Waals surface area (Å²) < 4.78 is 9.31. The molecule has 16 heavy (non-hydrogen) atoms. The van der Waals surface area contributed by atoms with Crippen LogP contribution in [0.15, 0.2) is 11.8 Å². The topological polar surface area (TPSA) is 72.8 Å². The van der Waals surface area contributed by atoms with Crippen LogP contribution in [0.2, 0.25) is 25.7 Å². The minimum Gasteiger partial charge on any atom is -0.515 e. The summed E-state index contributed by atoms with van der Waals surface area (Å²) in [4.78, 5) is 22.2. The fourth-order valence-corrected chi connectivity index (χ4v) is 1.77. The van der Waals surface area contributed by atoms with Gasteiger partial charge in [-0.3, -0.25) is 4.79 Å². The zero-order valence-corrected chi connectivity index (χ0v) is 11.1. The number of aliphatic hydroxyl groups is 1. The van der Waals surface area contributed by atoms with Gasteiger partial charge in [0, 0.05) is 6.04 Å². The predicted octanol–water partition coefficient (Wildman–Crippen LogP) is 1.83. The van der Waals surface area contributed by atoms with Crippen LogP contribution in [-0.4, -0.2) is 31.9 Å². The molecule has 5 nitrogen and oxygen atoms in total. The molecular formula is C10H18O5Si. The highest BCUT2D eigenvalue weighted by Crippen LogP contribution is 2.08. The summed E-state index contributed by atoms with van der Waals surface area (Å²) in [6.45, 7) is 7.11. The van der Waals surface area contributed by atoms with E-state index >= 15 is 0 Å². The lowest BCUT2D eigenvalue weighted by Gasteiger charge is -2.14. The van der Waals surface area contributed by atoms with Crippen molar-refractivity contribution < 1.29 is 24.2 Å². The minimum absolute atomic E-state index is 0.0567. The van der Waals surface area contributed by atoms with E-state index in [0.29, 0.717) is 12.3 Å². The predicted molar refractivity (Wildman–Crippen MR) is 61.6 cm³/mol. The number of carbonyl (C=O) groups excluding carboxylic acids is 2. The van der Waals surface area contributed by atoms with Crippen LogP contribution in [0, 0.1) is 0 Å². The van der Waals surface area contributed by atoms with E-state index in [9.17, 15) is 9.59 Å². The van der Waals surface area contributed by atoms with E-state index in [1.165, 1.54) is 6.92 Å². The molecule has 0 unspecified atom stereocenters. The van der Waals surface area contributed by atoms with Crippen LogP contribution in [0.25, 0.3) is 0 Å². The molecule has 0 aliphatic heterocycles. The van der Waals surface area contributed by atoms with Crippen molar-refractivity contribution >= 4 is 20.0 Å². The molecule has 0 atom stereocenters. The lowest BCUT2D eigenvalue weighted by atomic mass is 10.3. The van der Waals surface area contributed by atoms with Crippen molar-refractivity contribution in [3.05, 3.63) is 11.8 Å². The maximum Gasteiger partial charge on any atom is 0.339 e. The minimum atomic E-state index is -1.49. The zero-order valence-electron chi connectivity index (χ0n) is 10.1. The van der Waals surface area contributed by atoms with Crippen molar-refractivity contribution in [2.75, 3.05) is 6.79 Å². The van der Waals surface area contributed by atoms with E-state index in [1.54, 1.807) is 0 Å². The Morgan fingerprint density at radius 3 is 2.25 bits per heavy atom. The molecule has 0 aliphatic carbocycles. The molecule has 0 aromatic heterocycles. The third-order valence-electron chi connectivity index (χ3n) is 1.60. The standard InChI is InChI=1S/C10H18O5Si/c1-8(5-11)10(13)15-7-14-9(12)6-16(2,3)4/h5,11H,6-7H2,1-4H3/b8-5+. The average Bonchev–Trinajstić information content (AvgIpc) is 2.13. The highest BCUT2D eigenvalue weighted by molar-refractivity contribution is 6.78.